The number of hydrogen-bond donors (Lipinski definition) is 2. The molecule has 2 rings (SSSR count). The number of carbonyl (C=O) groups excluding carboxylic acids is 1. The zero-order chi connectivity index (χ0) is 12.8. The fourth-order valence-corrected chi connectivity index (χ4v) is 2.65. The summed E-state index contributed by atoms with van der Waals surface area (Å²) in [5.74, 6) is 1.77. The number of carbonyl (C=O) groups is 1. The van der Waals surface area contributed by atoms with Gasteiger partial charge in [0, 0.05) is 33.1 Å². The van der Waals surface area contributed by atoms with E-state index in [4.69, 9.17) is 0 Å². The van der Waals surface area contributed by atoms with Gasteiger partial charge in [-0.3, -0.25) is 9.79 Å². The van der Waals surface area contributed by atoms with Crippen molar-refractivity contribution in [1.82, 2.24) is 15.5 Å². The highest BCUT2D eigenvalue weighted by atomic mass is 16.1. The molecule has 0 bridgehead atoms. The lowest BCUT2D eigenvalue weighted by atomic mass is 10.0. The Bertz CT molecular complexity index is 310. The lowest BCUT2D eigenvalue weighted by Crippen LogP contribution is -2.40. The van der Waals surface area contributed by atoms with E-state index in [-0.39, 0.29) is 5.91 Å². The molecular weight excluding hydrogens is 228 g/mol. The average molecular weight is 252 g/mol. The van der Waals surface area contributed by atoms with Gasteiger partial charge < -0.3 is 15.5 Å². The van der Waals surface area contributed by atoms with Gasteiger partial charge in [0.2, 0.25) is 5.91 Å². The van der Waals surface area contributed by atoms with Gasteiger partial charge in [0.15, 0.2) is 5.96 Å². The van der Waals surface area contributed by atoms with Crippen LogP contribution >= 0.6 is 0 Å². The Balaban J connectivity index is 1.53. The molecule has 0 aromatic rings. The first kappa shape index (κ1) is 13.2. The number of rotatable bonds is 5. The number of guanidine groups is 1. The maximum Gasteiger partial charge on any atom is 0.220 e. The number of nitrogens with zero attached hydrogens (tertiary/aromatic N) is 2. The van der Waals surface area contributed by atoms with Crippen LogP contribution in [-0.4, -0.2) is 50.0 Å². The minimum atomic E-state index is 0.199. The molecule has 1 aliphatic heterocycles. The Kier molecular flexibility index (Phi) is 4.84. The van der Waals surface area contributed by atoms with E-state index in [1.54, 1.807) is 0 Å². The van der Waals surface area contributed by atoms with Crippen molar-refractivity contribution in [3.05, 3.63) is 0 Å². The highest BCUT2D eigenvalue weighted by Gasteiger charge is 2.18. The SMILES string of the molecule is CN1CCN=C1NCCNC(=O)CC1CCCC1. The van der Waals surface area contributed by atoms with Gasteiger partial charge in [0.1, 0.15) is 0 Å². The number of aliphatic imine (C=N–C) groups is 1. The fourth-order valence-electron chi connectivity index (χ4n) is 2.65. The predicted octanol–water partition coefficient (Wildman–Crippen LogP) is 0.574. The molecule has 0 unspecified atom stereocenters. The molecule has 0 atom stereocenters. The van der Waals surface area contributed by atoms with Crippen molar-refractivity contribution in [2.24, 2.45) is 10.9 Å². The van der Waals surface area contributed by atoms with Crippen LogP contribution in [0, 0.1) is 5.92 Å². The molecule has 1 aliphatic carbocycles. The van der Waals surface area contributed by atoms with E-state index in [1.165, 1.54) is 25.7 Å². The van der Waals surface area contributed by atoms with E-state index in [2.05, 4.69) is 20.5 Å². The van der Waals surface area contributed by atoms with Crippen LogP contribution in [0.1, 0.15) is 32.1 Å². The summed E-state index contributed by atoms with van der Waals surface area (Å²) < 4.78 is 0. The summed E-state index contributed by atoms with van der Waals surface area (Å²) in [5, 5.41) is 6.21. The molecule has 2 N–H and O–H groups in total. The van der Waals surface area contributed by atoms with Crippen molar-refractivity contribution >= 4 is 11.9 Å². The highest BCUT2D eigenvalue weighted by Crippen LogP contribution is 2.27. The van der Waals surface area contributed by atoms with Crippen LogP contribution in [0.3, 0.4) is 0 Å². The quantitative estimate of drug-likeness (QED) is 0.704. The molecule has 102 valence electrons. The Morgan fingerprint density at radius 2 is 2.17 bits per heavy atom. The van der Waals surface area contributed by atoms with E-state index in [9.17, 15) is 4.79 Å². The normalized spacial score (nSPS) is 20.1. The lowest BCUT2D eigenvalue weighted by molar-refractivity contribution is -0.121. The fraction of sp³-hybridized carbons (Fsp3) is 0.846. The summed E-state index contributed by atoms with van der Waals surface area (Å²) in [4.78, 5) is 18.1. The molecule has 1 amide bonds. The largest absolute Gasteiger partial charge is 0.354 e. The van der Waals surface area contributed by atoms with Crippen molar-refractivity contribution in [3.8, 4) is 0 Å². The minimum Gasteiger partial charge on any atom is -0.354 e. The van der Waals surface area contributed by atoms with Crippen molar-refractivity contribution in [2.75, 3.05) is 33.2 Å². The van der Waals surface area contributed by atoms with Crippen molar-refractivity contribution in [2.45, 2.75) is 32.1 Å². The molecule has 0 aromatic carbocycles. The number of likely N-dealkylation sites (N-methyl/N-ethyl adjacent to an activating group) is 1. The van der Waals surface area contributed by atoms with Crippen molar-refractivity contribution < 1.29 is 4.79 Å². The monoisotopic (exact) mass is 252 g/mol. The molecule has 5 nitrogen and oxygen atoms in total. The summed E-state index contributed by atoms with van der Waals surface area (Å²) in [5.41, 5.74) is 0. The van der Waals surface area contributed by atoms with Gasteiger partial charge in [-0.1, -0.05) is 12.8 Å². The summed E-state index contributed by atoms with van der Waals surface area (Å²) in [7, 11) is 2.03. The Hall–Kier alpha value is -1.26. The first-order chi connectivity index (χ1) is 8.75. The van der Waals surface area contributed by atoms with E-state index in [0.717, 1.165) is 25.6 Å². The summed E-state index contributed by atoms with van der Waals surface area (Å²) >= 11 is 0. The van der Waals surface area contributed by atoms with Gasteiger partial charge in [-0.2, -0.15) is 0 Å². The zero-order valence-electron chi connectivity index (χ0n) is 11.2. The second-order valence-electron chi connectivity index (χ2n) is 5.26. The standard InChI is InChI=1S/C13H24N4O/c1-17-9-8-16-13(17)15-7-6-14-12(18)10-11-4-2-3-5-11/h11H,2-10H2,1H3,(H,14,18)(H,15,16). The van der Waals surface area contributed by atoms with Gasteiger partial charge in [0.25, 0.3) is 0 Å². The molecule has 0 aromatic heterocycles. The van der Waals surface area contributed by atoms with Crippen molar-refractivity contribution in [3.63, 3.8) is 0 Å². The van der Waals surface area contributed by atoms with Gasteiger partial charge in [0.05, 0.1) is 6.54 Å². The molecule has 0 saturated heterocycles. The van der Waals surface area contributed by atoms with Gasteiger partial charge in [-0.25, -0.2) is 0 Å². The number of hydrogen-bond acceptors (Lipinski definition) is 4. The molecule has 1 fully saturated rings. The smallest absolute Gasteiger partial charge is 0.220 e. The second kappa shape index (κ2) is 6.61. The highest BCUT2D eigenvalue weighted by molar-refractivity contribution is 5.81. The Labute approximate surface area is 109 Å². The molecule has 0 spiro atoms. The van der Waals surface area contributed by atoms with E-state index in [1.807, 2.05) is 7.05 Å². The van der Waals surface area contributed by atoms with Crippen LogP contribution in [0.25, 0.3) is 0 Å². The van der Waals surface area contributed by atoms with Crippen LogP contribution < -0.4 is 10.6 Å². The number of nitrogens with one attached hydrogen (secondary N) is 2. The third-order valence-electron chi connectivity index (χ3n) is 3.74. The van der Waals surface area contributed by atoms with Crippen LogP contribution in [0.2, 0.25) is 0 Å². The third-order valence-corrected chi connectivity index (χ3v) is 3.74. The molecule has 5 heteroatoms. The van der Waals surface area contributed by atoms with E-state index < -0.39 is 0 Å². The van der Waals surface area contributed by atoms with E-state index in [0.29, 0.717) is 18.9 Å². The van der Waals surface area contributed by atoms with Crippen LogP contribution in [0.15, 0.2) is 4.99 Å². The zero-order valence-corrected chi connectivity index (χ0v) is 11.2. The van der Waals surface area contributed by atoms with Gasteiger partial charge >= 0.3 is 0 Å². The van der Waals surface area contributed by atoms with Crippen LogP contribution in [0.5, 0.6) is 0 Å². The Morgan fingerprint density at radius 3 is 2.83 bits per heavy atom. The van der Waals surface area contributed by atoms with Crippen LogP contribution in [-0.2, 0) is 4.79 Å². The minimum absolute atomic E-state index is 0.199. The summed E-state index contributed by atoms with van der Waals surface area (Å²) in [6.07, 6.45) is 5.76. The molecule has 2 aliphatic rings. The maximum atomic E-state index is 11.7. The van der Waals surface area contributed by atoms with E-state index >= 15 is 0 Å². The summed E-state index contributed by atoms with van der Waals surface area (Å²) in [6, 6.07) is 0. The summed E-state index contributed by atoms with van der Waals surface area (Å²) in [6.45, 7) is 3.28. The number of amides is 1. The van der Waals surface area contributed by atoms with Crippen LogP contribution in [0.4, 0.5) is 0 Å². The first-order valence-electron chi connectivity index (χ1n) is 7.02. The lowest BCUT2D eigenvalue weighted by Gasteiger charge is -2.15. The van der Waals surface area contributed by atoms with Crippen molar-refractivity contribution in [1.29, 1.82) is 0 Å². The second-order valence-corrected chi connectivity index (χ2v) is 5.26. The molecule has 1 saturated carbocycles. The average Bonchev–Trinajstić information content (AvgIpc) is 2.97. The predicted molar refractivity (Wildman–Crippen MR) is 72.5 cm³/mol. The van der Waals surface area contributed by atoms with Gasteiger partial charge in [-0.05, 0) is 18.8 Å². The third kappa shape index (κ3) is 3.89. The molecule has 18 heavy (non-hydrogen) atoms. The molecule has 1 heterocycles. The maximum absolute atomic E-state index is 11.7. The molecular formula is C13H24N4O. The first-order valence-corrected chi connectivity index (χ1v) is 7.02. The molecule has 0 radical (unpaired) electrons. The van der Waals surface area contributed by atoms with Gasteiger partial charge in [-0.15, -0.1) is 0 Å². The topological polar surface area (TPSA) is 56.7 Å². The Morgan fingerprint density at radius 1 is 1.39 bits per heavy atom.